The van der Waals surface area contributed by atoms with E-state index in [2.05, 4.69) is 25.1 Å². The number of carbonyl (C=O) groups excluding carboxylic acids is 2. The third kappa shape index (κ3) is 4.78. The van der Waals surface area contributed by atoms with E-state index in [4.69, 9.17) is 9.47 Å². The zero-order valence-electron chi connectivity index (χ0n) is 17.5. The van der Waals surface area contributed by atoms with Crippen LogP contribution in [0.3, 0.4) is 0 Å². The van der Waals surface area contributed by atoms with Crippen molar-refractivity contribution >= 4 is 17.4 Å². The fourth-order valence-electron chi connectivity index (χ4n) is 3.81. The molecule has 5 nitrogen and oxygen atoms in total. The largest absolute Gasteiger partial charge is 0.493 e. The van der Waals surface area contributed by atoms with Gasteiger partial charge in [-0.3, -0.25) is 9.59 Å². The summed E-state index contributed by atoms with van der Waals surface area (Å²) in [4.78, 5) is 26.4. The standard InChI is InChI=1S/C24H29NO4/c1-4-18-8-5-9-19-10-6-14-25(24(18)19)23(27)11-7-15-29-21-13-12-20(17(2)26)16-22(21)28-3/h5,8-9,12-13,16H,4,6-7,10-11,14-15H2,1-3H3. The molecule has 0 saturated heterocycles. The molecule has 0 atom stereocenters. The number of para-hydroxylation sites is 1. The van der Waals surface area contributed by atoms with E-state index in [1.807, 2.05) is 4.90 Å². The van der Waals surface area contributed by atoms with Gasteiger partial charge >= 0.3 is 0 Å². The second kappa shape index (κ2) is 9.59. The van der Waals surface area contributed by atoms with Gasteiger partial charge in [-0.1, -0.05) is 25.1 Å². The molecular weight excluding hydrogens is 366 g/mol. The summed E-state index contributed by atoms with van der Waals surface area (Å²) in [5.41, 5.74) is 4.21. The summed E-state index contributed by atoms with van der Waals surface area (Å²) >= 11 is 0. The van der Waals surface area contributed by atoms with Crippen LogP contribution in [0.25, 0.3) is 0 Å². The quantitative estimate of drug-likeness (QED) is 0.484. The van der Waals surface area contributed by atoms with E-state index < -0.39 is 0 Å². The fourth-order valence-corrected chi connectivity index (χ4v) is 3.81. The highest BCUT2D eigenvalue weighted by Gasteiger charge is 2.24. The Balaban J connectivity index is 1.59. The molecule has 0 aromatic heterocycles. The van der Waals surface area contributed by atoms with Crippen molar-refractivity contribution in [3.63, 3.8) is 0 Å². The lowest BCUT2D eigenvalue weighted by molar-refractivity contribution is -0.118. The molecule has 5 heteroatoms. The van der Waals surface area contributed by atoms with Gasteiger partial charge in [0.25, 0.3) is 0 Å². The third-order valence-corrected chi connectivity index (χ3v) is 5.35. The van der Waals surface area contributed by atoms with Crippen molar-refractivity contribution in [3.05, 3.63) is 53.1 Å². The van der Waals surface area contributed by atoms with Gasteiger partial charge in [0, 0.05) is 24.2 Å². The molecule has 0 aliphatic carbocycles. The number of ketones is 1. The van der Waals surface area contributed by atoms with Gasteiger partial charge in [0.05, 0.1) is 13.7 Å². The Morgan fingerprint density at radius 2 is 1.97 bits per heavy atom. The Hall–Kier alpha value is -2.82. The van der Waals surface area contributed by atoms with Crippen molar-refractivity contribution in [1.82, 2.24) is 0 Å². The number of methoxy groups -OCH3 is 1. The average Bonchev–Trinajstić information content (AvgIpc) is 2.75. The molecular formula is C24H29NO4. The first-order chi connectivity index (χ1) is 14.0. The Kier molecular flexibility index (Phi) is 6.91. The molecule has 2 aromatic carbocycles. The lowest BCUT2D eigenvalue weighted by atomic mass is 9.96. The second-order valence-electron chi connectivity index (χ2n) is 7.30. The predicted molar refractivity (Wildman–Crippen MR) is 114 cm³/mol. The molecule has 2 aromatic rings. The minimum atomic E-state index is -0.0197. The van der Waals surface area contributed by atoms with Crippen molar-refractivity contribution < 1.29 is 19.1 Å². The van der Waals surface area contributed by atoms with Crippen LogP contribution in [-0.4, -0.2) is 32.0 Å². The molecule has 0 radical (unpaired) electrons. The van der Waals surface area contributed by atoms with Gasteiger partial charge in [0.15, 0.2) is 17.3 Å². The molecule has 1 aliphatic heterocycles. The highest BCUT2D eigenvalue weighted by atomic mass is 16.5. The number of hydrogen-bond donors (Lipinski definition) is 0. The van der Waals surface area contributed by atoms with Gasteiger partial charge in [-0.2, -0.15) is 0 Å². The third-order valence-electron chi connectivity index (χ3n) is 5.35. The zero-order valence-corrected chi connectivity index (χ0v) is 17.5. The van der Waals surface area contributed by atoms with Crippen molar-refractivity contribution in [2.24, 2.45) is 0 Å². The first-order valence-electron chi connectivity index (χ1n) is 10.3. The SMILES string of the molecule is CCc1cccc2c1N(C(=O)CCCOc1ccc(C(C)=O)cc1OC)CCC2. The lowest BCUT2D eigenvalue weighted by Crippen LogP contribution is -2.36. The van der Waals surface area contributed by atoms with Crippen LogP contribution in [0.4, 0.5) is 5.69 Å². The molecule has 1 heterocycles. The minimum Gasteiger partial charge on any atom is -0.493 e. The van der Waals surface area contributed by atoms with E-state index in [9.17, 15) is 9.59 Å². The summed E-state index contributed by atoms with van der Waals surface area (Å²) in [5, 5.41) is 0. The summed E-state index contributed by atoms with van der Waals surface area (Å²) in [6.45, 7) is 4.84. The van der Waals surface area contributed by atoms with Crippen LogP contribution in [0.2, 0.25) is 0 Å². The van der Waals surface area contributed by atoms with E-state index >= 15 is 0 Å². The van der Waals surface area contributed by atoms with Crippen molar-refractivity contribution in [3.8, 4) is 11.5 Å². The number of fused-ring (bicyclic) bond motifs is 1. The molecule has 0 unspecified atom stereocenters. The van der Waals surface area contributed by atoms with Gasteiger partial charge in [-0.25, -0.2) is 0 Å². The molecule has 0 bridgehead atoms. The van der Waals surface area contributed by atoms with Gasteiger partial charge in [-0.15, -0.1) is 0 Å². The Morgan fingerprint density at radius 3 is 2.69 bits per heavy atom. The minimum absolute atomic E-state index is 0.0197. The van der Waals surface area contributed by atoms with Crippen LogP contribution >= 0.6 is 0 Å². The van der Waals surface area contributed by atoms with Crippen LogP contribution in [-0.2, 0) is 17.6 Å². The van der Waals surface area contributed by atoms with E-state index in [0.717, 1.165) is 31.5 Å². The number of amides is 1. The maximum absolute atomic E-state index is 12.9. The number of benzene rings is 2. The monoisotopic (exact) mass is 395 g/mol. The number of anilines is 1. The van der Waals surface area contributed by atoms with Gasteiger partial charge in [-0.05, 0) is 61.9 Å². The second-order valence-corrected chi connectivity index (χ2v) is 7.30. The van der Waals surface area contributed by atoms with E-state index in [1.165, 1.54) is 18.1 Å². The number of carbonyl (C=O) groups is 2. The Morgan fingerprint density at radius 1 is 1.14 bits per heavy atom. The van der Waals surface area contributed by atoms with E-state index in [-0.39, 0.29) is 11.7 Å². The first-order valence-corrected chi connectivity index (χ1v) is 10.3. The van der Waals surface area contributed by atoms with Crippen LogP contribution in [0.1, 0.15) is 54.6 Å². The van der Waals surface area contributed by atoms with Crippen molar-refractivity contribution in [2.45, 2.75) is 46.0 Å². The zero-order chi connectivity index (χ0) is 20.8. The number of nitrogens with zero attached hydrogens (tertiary/aromatic N) is 1. The number of Topliss-reactive ketones (excluding diaryl/α,β-unsaturated/α-hetero) is 1. The maximum Gasteiger partial charge on any atom is 0.227 e. The maximum atomic E-state index is 12.9. The number of rotatable bonds is 8. The normalized spacial score (nSPS) is 13.0. The molecule has 0 fully saturated rings. The number of hydrogen-bond acceptors (Lipinski definition) is 4. The van der Waals surface area contributed by atoms with Crippen molar-refractivity contribution in [1.29, 1.82) is 0 Å². The Labute approximate surface area is 172 Å². The van der Waals surface area contributed by atoms with Gasteiger partial charge < -0.3 is 14.4 Å². The number of ether oxygens (including phenoxy) is 2. The molecule has 0 saturated carbocycles. The lowest BCUT2D eigenvalue weighted by Gasteiger charge is -2.31. The van der Waals surface area contributed by atoms with Crippen LogP contribution in [0.5, 0.6) is 11.5 Å². The van der Waals surface area contributed by atoms with E-state index in [1.54, 1.807) is 25.3 Å². The highest BCUT2D eigenvalue weighted by molar-refractivity contribution is 5.95. The van der Waals surface area contributed by atoms with Crippen LogP contribution < -0.4 is 14.4 Å². The molecule has 154 valence electrons. The predicted octanol–water partition coefficient (Wildman–Crippen LogP) is 4.60. The molecule has 1 aliphatic rings. The number of aryl methyl sites for hydroxylation is 2. The van der Waals surface area contributed by atoms with E-state index in [0.29, 0.717) is 36.5 Å². The fraction of sp³-hybridized carbons (Fsp3) is 0.417. The van der Waals surface area contributed by atoms with Gasteiger partial charge in [0.2, 0.25) is 5.91 Å². The summed E-state index contributed by atoms with van der Waals surface area (Å²) in [5.74, 6) is 1.24. The van der Waals surface area contributed by atoms with Gasteiger partial charge in [0.1, 0.15) is 0 Å². The average molecular weight is 395 g/mol. The van der Waals surface area contributed by atoms with Crippen LogP contribution in [0.15, 0.2) is 36.4 Å². The van der Waals surface area contributed by atoms with Crippen molar-refractivity contribution in [2.75, 3.05) is 25.2 Å². The van der Waals surface area contributed by atoms with Crippen LogP contribution in [0, 0.1) is 0 Å². The molecule has 29 heavy (non-hydrogen) atoms. The molecule has 1 amide bonds. The molecule has 3 rings (SSSR count). The summed E-state index contributed by atoms with van der Waals surface area (Å²) < 4.78 is 11.1. The summed E-state index contributed by atoms with van der Waals surface area (Å²) in [6, 6.07) is 11.5. The molecule has 0 spiro atoms. The first kappa shape index (κ1) is 20.9. The summed E-state index contributed by atoms with van der Waals surface area (Å²) in [7, 11) is 1.55. The smallest absolute Gasteiger partial charge is 0.227 e. The Bertz CT molecular complexity index is 876. The topological polar surface area (TPSA) is 55.8 Å². The highest BCUT2D eigenvalue weighted by Crippen LogP contribution is 2.32. The molecule has 0 N–H and O–H groups in total. The summed E-state index contributed by atoms with van der Waals surface area (Å²) in [6.07, 6.45) is 4.02.